The van der Waals surface area contributed by atoms with E-state index < -0.39 is 12.7 Å². The van der Waals surface area contributed by atoms with Gasteiger partial charge in [0.25, 0.3) is 0 Å². The molecule has 19 heavy (non-hydrogen) atoms. The molecule has 1 aromatic rings. The lowest BCUT2D eigenvalue weighted by Gasteiger charge is -2.31. The highest BCUT2D eigenvalue weighted by Crippen LogP contribution is 2.23. The van der Waals surface area contributed by atoms with Crippen molar-refractivity contribution in [2.24, 2.45) is 0 Å². The lowest BCUT2D eigenvalue weighted by atomic mass is 9.92. The predicted octanol–water partition coefficient (Wildman–Crippen LogP) is 1.94. The third kappa shape index (κ3) is 4.21. The predicted molar refractivity (Wildman–Crippen MR) is 65.7 cm³/mol. The zero-order chi connectivity index (χ0) is 13.7. The van der Waals surface area contributed by atoms with Gasteiger partial charge in [-0.15, -0.1) is 0 Å². The number of hydrogen-bond acceptors (Lipinski definition) is 4. The quantitative estimate of drug-likeness (QED) is 0.861. The summed E-state index contributed by atoms with van der Waals surface area (Å²) < 4.78 is 29.3. The molecule has 2 atom stereocenters. The number of halogens is 2. The molecule has 0 aliphatic heterocycles. The van der Waals surface area contributed by atoms with Gasteiger partial charge in [-0.25, -0.2) is 0 Å². The molecular weight excluding hydrogens is 254 g/mol. The Kier molecular flexibility index (Phi) is 5.21. The molecule has 1 aliphatic carbocycles. The molecule has 0 aromatic carbocycles. The first-order chi connectivity index (χ1) is 9.19. The topological polar surface area (TPSA) is 52.0 Å². The van der Waals surface area contributed by atoms with Crippen LogP contribution in [-0.2, 0) is 17.8 Å². The fraction of sp³-hybridized carbons (Fsp3) is 0.833. The van der Waals surface area contributed by atoms with Gasteiger partial charge in [0.05, 0.1) is 24.5 Å². The summed E-state index contributed by atoms with van der Waals surface area (Å²) in [5.74, 6) is 0. The molecule has 0 amide bonds. The molecule has 1 aliphatic rings. The summed E-state index contributed by atoms with van der Waals surface area (Å²) in [5, 5.41) is 11.6. The molecule has 1 heterocycles. The van der Waals surface area contributed by atoms with Crippen molar-refractivity contribution >= 4 is 0 Å². The summed E-state index contributed by atoms with van der Waals surface area (Å²) in [7, 11) is 0. The fourth-order valence-corrected chi connectivity index (χ4v) is 2.43. The van der Waals surface area contributed by atoms with Crippen LogP contribution in [-0.4, -0.2) is 33.8 Å². The molecule has 1 fully saturated rings. The first-order valence-electron chi connectivity index (χ1n) is 6.75. The van der Waals surface area contributed by atoms with Crippen LogP contribution in [0.3, 0.4) is 0 Å². The summed E-state index contributed by atoms with van der Waals surface area (Å²) in [6.45, 7) is 0.521. The maximum Gasteiger partial charge on any atom is 0.345 e. The second-order valence-corrected chi connectivity index (χ2v) is 4.73. The zero-order valence-corrected chi connectivity index (χ0v) is 11.1. The molecule has 2 rings (SSSR count). The number of aromatic nitrogens is 3. The maximum absolute atomic E-state index is 12.3. The van der Waals surface area contributed by atoms with E-state index in [9.17, 15) is 8.78 Å². The maximum atomic E-state index is 12.3. The smallest absolute Gasteiger partial charge is 0.318 e. The highest BCUT2D eigenvalue weighted by Gasteiger charge is 2.28. The number of alkyl halides is 2. The highest BCUT2D eigenvalue weighted by atomic mass is 19.3. The van der Waals surface area contributed by atoms with E-state index in [1.54, 1.807) is 11.0 Å². The first kappa shape index (κ1) is 14.3. The van der Waals surface area contributed by atoms with Crippen LogP contribution < -0.4 is 5.32 Å². The molecule has 0 radical (unpaired) electrons. The van der Waals surface area contributed by atoms with Crippen molar-refractivity contribution in [3.63, 3.8) is 0 Å². The summed E-state index contributed by atoms with van der Waals surface area (Å²) >= 11 is 0. The van der Waals surface area contributed by atoms with Crippen molar-refractivity contribution in [2.75, 3.05) is 0 Å². The fourth-order valence-electron chi connectivity index (χ4n) is 2.43. The van der Waals surface area contributed by atoms with Gasteiger partial charge >= 0.3 is 6.61 Å². The van der Waals surface area contributed by atoms with E-state index in [1.165, 1.54) is 0 Å². The number of nitrogens with zero attached hydrogens (tertiary/aromatic N) is 3. The van der Waals surface area contributed by atoms with Crippen molar-refractivity contribution < 1.29 is 13.5 Å². The molecule has 0 bridgehead atoms. The van der Waals surface area contributed by atoms with E-state index in [2.05, 4.69) is 20.3 Å². The third-order valence-electron chi connectivity index (χ3n) is 3.39. The number of nitrogens with one attached hydrogen (secondary N) is 1. The van der Waals surface area contributed by atoms with Crippen LogP contribution in [0.25, 0.3) is 0 Å². The molecule has 0 saturated heterocycles. The van der Waals surface area contributed by atoms with E-state index in [0.29, 0.717) is 13.0 Å². The van der Waals surface area contributed by atoms with Gasteiger partial charge in [0, 0.05) is 12.6 Å². The number of hydrogen-bond donors (Lipinski definition) is 1. The first-order valence-corrected chi connectivity index (χ1v) is 6.75. The molecular formula is C12H20F2N4O. The summed E-state index contributed by atoms with van der Waals surface area (Å²) in [4.78, 5) is 1.60. The van der Waals surface area contributed by atoms with E-state index in [0.717, 1.165) is 31.5 Å². The van der Waals surface area contributed by atoms with Crippen molar-refractivity contribution in [1.29, 1.82) is 0 Å². The average Bonchev–Trinajstić information content (AvgIpc) is 2.85. The molecule has 0 unspecified atom stereocenters. The molecule has 1 aromatic heterocycles. The Morgan fingerprint density at radius 1 is 1.47 bits per heavy atom. The minimum Gasteiger partial charge on any atom is -0.318 e. The van der Waals surface area contributed by atoms with Gasteiger partial charge < -0.3 is 10.1 Å². The minimum absolute atomic E-state index is 0.0328. The Hall–Kier alpha value is -1.08. The van der Waals surface area contributed by atoms with Crippen LogP contribution in [0, 0.1) is 0 Å². The average molecular weight is 274 g/mol. The Labute approximate surface area is 111 Å². The van der Waals surface area contributed by atoms with Crippen molar-refractivity contribution in [2.45, 2.75) is 64.5 Å². The normalized spacial score (nSPS) is 24.0. The highest BCUT2D eigenvalue weighted by molar-refractivity contribution is 4.92. The number of ether oxygens (including phenoxy) is 1. The second-order valence-electron chi connectivity index (χ2n) is 4.73. The Morgan fingerprint density at radius 2 is 2.26 bits per heavy atom. The monoisotopic (exact) mass is 274 g/mol. The van der Waals surface area contributed by atoms with Gasteiger partial charge in [-0.3, -0.25) is 0 Å². The molecule has 7 heteroatoms. The Balaban J connectivity index is 1.85. The molecule has 1 saturated carbocycles. The van der Waals surface area contributed by atoms with E-state index in [-0.39, 0.29) is 6.04 Å². The van der Waals surface area contributed by atoms with Crippen LogP contribution >= 0.6 is 0 Å². The molecule has 108 valence electrons. The van der Waals surface area contributed by atoms with E-state index in [1.807, 2.05) is 6.92 Å². The molecule has 0 spiro atoms. The van der Waals surface area contributed by atoms with E-state index in [4.69, 9.17) is 0 Å². The minimum atomic E-state index is -2.70. The Bertz CT molecular complexity index is 386. The summed E-state index contributed by atoms with van der Waals surface area (Å²) in [6.07, 6.45) is 4.82. The van der Waals surface area contributed by atoms with E-state index >= 15 is 0 Å². The van der Waals surface area contributed by atoms with Crippen LogP contribution in [0.1, 0.15) is 38.3 Å². The Morgan fingerprint density at radius 3 is 2.95 bits per heavy atom. The SMILES string of the molecule is CCn1ncc(CN[C@@H]2CCCC[C@H]2OC(F)F)n1. The van der Waals surface area contributed by atoms with Gasteiger partial charge in [-0.2, -0.15) is 23.8 Å². The lowest BCUT2D eigenvalue weighted by molar-refractivity contribution is -0.176. The largest absolute Gasteiger partial charge is 0.345 e. The standard InChI is InChI=1S/C12H20F2N4O/c1-2-18-16-8-9(17-18)7-15-10-5-3-4-6-11(10)19-12(13)14/h8,10-12,15H,2-7H2,1H3/t10-,11-/m1/s1. The van der Waals surface area contributed by atoms with Crippen molar-refractivity contribution in [1.82, 2.24) is 20.3 Å². The van der Waals surface area contributed by atoms with Gasteiger partial charge in [0.2, 0.25) is 0 Å². The second kappa shape index (κ2) is 6.91. The molecule has 1 N–H and O–H groups in total. The van der Waals surface area contributed by atoms with Gasteiger partial charge in [-0.05, 0) is 19.8 Å². The van der Waals surface area contributed by atoms with Gasteiger partial charge in [0.1, 0.15) is 0 Å². The van der Waals surface area contributed by atoms with Crippen LogP contribution in [0.4, 0.5) is 8.78 Å². The number of aryl methyl sites for hydroxylation is 1. The zero-order valence-electron chi connectivity index (χ0n) is 11.1. The van der Waals surface area contributed by atoms with Crippen LogP contribution in [0.5, 0.6) is 0 Å². The van der Waals surface area contributed by atoms with Crippen LogP contribution in [0.2, 0.25) is 0 Å². The van der Waals surface area contributed by atoms with Crippen LogP contribution in [0.15, 0.2) is 6.20 Å². The molecule has 5 nitrogen and oxygen atoms in total. The van der Waals surface area contributed by atoms with Crippen molar-refractivity contribution in [3.05, 3.63) is 11.9 Å². The number of rotatable bonds is 6. The summed E-state index contributed by atoms with van der Waals surface area (Å²) in [6, 6.07) is -0.0328. The summed E-state index contributed by atoms with van der Waals surface area (Å²) in [5.41, 5.74) is 0.822. The van der Waals surface area contributed by atoms with Gasteiger partial charge in [0.15, 0.2) is 0 Å². The van der Waals surface area contributed by atoms with Crippen molar-refractivity contribution in [3.8, 4) is 0 Å². The lowest BCUT2D eigenvalue weighted by Crippen LogP contribution is -2.44. The van der Waals surface area contributed by atoms with Gasteiger partial charge in [-0.1, -0.05) is 12.8 Å². The third-order valence-corrected chi connectivity index (χ3v) is 3.39.